The Kier molecular flexibility index (Phi) is 5.96. The molecule has 0 atom stereocenters. The standard InChI is InChI=1S/C14H28N2O2S/c17-15(7-1-2-8-15)11-5-13-19-14-6-12-16(18)9-3-4-10-16/h1-14H2. The van der Waals surface area contributed by atoms with Crippen LogP contribution in [0.2, 0.25) is 0 Å². The number of thioether (sulfide) groups is 1. The van der Waals surface area contributed by atoms with Gasteiger partial charge in [0.15, 0.2) is 0 Å². The maximum Gasteiger partial charge on any atom is 0.0791 e. The lowest BCUT2D eigenvalue weighted by Gasteiger charge is -2.38. The maximum absolute atomic E-state index is 12.1. The summed E-state index contributed by atoms with van der Waals surface area (Å²) in [6.45, 7) is 4.94. The number of hydrogen-bond donors (Lipinski definition) is 0. The van der Waals surface area contributed by atoms with Gasteiger partial charge < -0.3 is 19.7 Å². The van der Waals surface area contributed by atoms with Crippen LogP contribution in [-0.4, -0.2) is 60.1 Å². The third-order valence-electron chi connectivity index (χ3n) is 4.47. The summed E-state index contributed by atoms with van der Waals surface area (Å²) < 4.78 is 0.113. The molecule has 0 aliphatic carbocycles. The fraction of sp³-hybridized carbons (Fsp3) is 1.00. The van der Waals surface area contributed by atoms with Crippen LogP contribution in [0.1, 0.15) is 38.5 Å². The first kappa shape index (κ1) is 15.6. The Balaban J connectivity index is 1.44. The van der Waals surface area contributed by atoms with Crippen LogP contribution in [0.5, 0.6) is 0 Å². The van der Waals surface area contributed by atoms with Crippen LogP contribution in [0.4, 0.5) is 0 Å². The molecule has 5 heteroatoms. The predicted octanol–water partition coefficient (Wildman–Crippen LogP) is 2.72. The van der Waals surface area contributed by atoms with E-state index in [-0.39, 0.29) is 9.29 Å². The molecule has 2 rings (SSSR count). The van der Waals surface area contributed by atoms with Crippen LogP contribution in [0.3, 0.4) is 0 Å². The molecule has 0 spiro atoms. The summed E-state index contributed by atoms with van der Waals surface area (Å²) in [4.78, 5) is 0. The fourth-order valence-corrected chi connectivity index (χ4v) is 4.15. The first-order valence-corrected chi connectivity index (χ1v) is 8.99. The van der Waals surface area contributed by atoms with Crippen LogP contribution < -0.4 is 0 Å². The zero-order chi connectivity index (χ0) is 13.6. The number of rotatable bonds is 8. The van der Waals surface area contributed by atoms with Gasteiger partial charge in [-0.2, -0.15) is 11.8 Å². The summed E-state index contributed by atoms with van der Waals surface area (Å²) in [7, 11) is 0. The quantitative estimate of drug-likeness (QED) is 0.392. The van der Waals surface area contributed by atoms with E-state index in [4.69, 9.17) is 0 Å². The number of likely N-dealkylation sites (tertiary alicyclic amines) is 2. The van der Waals surface area contributed by atoms with E-state index < -0.39 is 0 Å². The van der Waals surface area contributed by atoms with E-state index in [2.05, 4.69) is 0 Å². The minimum Gasteiger partial charge on any atom is -0.633 e. The van der Waals surface area contributed by atoms with E-state index in [1.165, 1.54) is 0 Å². The van der Waals surface area contributed by atoms with Gasteiger partial charge in [-0.3, -0.25) is 0 Å². The Morgan fingerprint density at radius 3 is 1.42 bits per heavy atom. The molecule has 4 nitrogen and oxygen atoms in total. The summed E-state index contributed by atoms with van der Waals surface area (Å²) in [5, 5.41) is 24.2. The topological polar surface area (TPSA) is 46.1 Å². The van der Waals surface area contributed by atoms with Gasteiger partial charge >= 0.3 is 0 Å². The highest BCUT2D eigenvalue weighted by Gasteiger charge is 2.22. The van der Waals surface area contributed by atoms with Crippen LogP contribution in [-0.2, 0) is 0 Å². The van der Waals surface area contributed by atoms with Crippen molar-refractivity contribution in [1.82, 2.24) is 0 Å². The van der Waals surface area contributed by atoms with Gasteiger partial charge in [-0.25, -0.2) is 0 Å². The summed E-state index contributed by atoms with van der Waals surface area (Å²) >= 11 is 1.92. The average Bonchev–Trinajstić information content (AvgIpc) is 2.98. The molecular formula is C14H28N2O2S. The smallest absolute Gasteiger partial charge is 0.0791 e. The van der Waals surface area contributed by atoms with Crippen LogP contribution in [0, 0.1) is 10.4 Å². The maximum atomic E-state index is 12.1. The molecule has 19 heavy (non-hydrogen) atoms. The average molecular weight is 288 g/mol. The molecule has 0 aromatic rings. The van der Waals surface area contributed by atoms with Crippen molar-refractivity contribution in [1.29, 1.82) is 0 Å². The second-order valence-corrected chi connectivity index (χ2v) is 7.42. The minimum atomic E-state index is 0.0567. The lowest BCUT2D eigenvalue weighted by Crippen LogP contribution is -2.40. The van der Waals surface area contributed by atoms with Crippen molar-refractivity contribution in [2.24, 2.45) is 0 Å². The van der Waals surface area contributed by atoms with Crippen molar-refractivity contribution in [3.05, 3.63) is 10.4 Å². The number of hydroxylamine groups is 6. The summed E-state index contributed by atoms with van der Waals surface area (Å²) in [6, 6.07) is 0. The normalized spacial score (nSPS) is 24.9. The first-order valence-electron chi connectivity index (χ1n) is 7.84. The van der Waals surface area contributed by atoms with Crippen molar-refractivity contribution in [2.75, 3.05) is 50.8 Å². The molecule has 2 saturated heterocycles. The van der Waals surface area contributed by atoms with Gasteiger partial charge in [-0.1, -0.05) is 0 Å². The van der Waals surface area contributed by atoms with Crippen LogP contribution in [0.25, 0.3) is 0 Å². The van der Waals surface area contributed by atoms with Gasteiger partial charge in [0.25, 0.3) is 0 Å². The lowest BCUT2D eigenvalue weighted by atomic mass is 10.4. The molecule has 0 saturated carbocycles. The predicted molar refractivity (Wildman–Crippen MR) is 81.5 cm³/mol. The first-order chi connectivity index (χ1) is 9.12. The molecule has 2 heterocycles. The molecule has 0 unspecified atom stereocenters. The molecule has 112 valence electrons. The largest absolute Gasteiger partial charge is 0.633 e. The Bertz CT molecular complexity index is 238. The summed E-state index contributed by atoms with van der Waals surface area (Å²) in [5.74, 6) is 2.17. The van der Waals surface area contributed by atoms with E-state index in [9.17, 15) is 10.4 Å². The summed E-state index contributed by atoms with van der Waals surface area (Å²) in [5.41, 5.74) is 0. The molecule has 0 aromatic carbocycles. The molecule has 0 bridgehead atoms. The third kappa shape index (κ3) is 5.23. The van der Waals surface area contributed by atoms with Crippen molar-refractivity contribution in [2.45, 2.75) is 38.5 Å². The van der Waals surface area contributed by atoms with Gasteiger partial charge in [0.2, 0.25) is 0 Å². The molecule has 2 fully saturated rings. The van der Waals surface area contributed by atoms with Gasteiger partial charge in [0.05, 0.1) is 39.3 Å². The highest BCUT2D eigenvalue weighted by atomic mass is 32.2. The van der Waals surface area contributed by atoms with Crippen molar-refractivity contribution >= 4 is 11.8 Å². The zero-order valence-electron chi connectivity index (χ0n) is 12.0. The SMILES string of the molecule is [O-][N+]1(CCCSCCC[N+]2([O-])CCCC2)CCCC1. The number of nitrogens with zero attached hydrogens (tertiary/aromatic N) is 2. The molecule has 0 amide bonds. The van der Waals surface area contributed by atoms with E-state index in [0.717, 1.165) is 89.3 Å². The van der Waals surface area contributed by atoms with E-state index >= 15 is 0 Å². The minimum absolute atomic E-state index is 0.0567. The lowest BCUT2D eigenvalue weighted by molar-refractivity contribution is -0.868. The fourth-order valence-electron chi connectivity index (χ4n) is 3.28. The van der Waals surface area contributed by atoms with Gasteiger partial charge in [0.1, 0.15) is 0 Å². The summed E-state index contributed by atoms with van der Waals surface area (Å²) in [6.07, 6.45) is 6.51. The van der Waals surface area contributed by atoms with Crippen molar-refractivity contribution in [3.8, 4) is 0 Å². The Labute approximate surface area is 121 Å². The van der Waals surface area contributed by atoms with Gasteiger partial charge in [0, 0.05) is 38.5 Å². The van der Waals surface area contributed by atoms with Gasteiger partial charge in [-0.05, 0) is 11.5 Å². The highest BCUT2D eigenvalue weighted by Crippen LogP contribution is 2.20. The second kappa shape index (κ2) is 7.27. The molecule has 0 aromatic heterocycles. The number of quaternary nitrogens is 2. The van der Waals surface area contributed by atoms with Crippen molar-refractivity contribution < 1.29 is 9.29 Å². The highest BCUT2D eigenvalue weighted by molar-refractivity contribution is 7.99. The third-order valence-corrected chi connectivity index (χ3v) is 5.63. The molecule has 2 aliphatic heterocycles. The van der Waals surface area contributed by atoms with Crippen LogP contribution >= 0.6 is 11.8 Å². The second-order valence-electron chi connectivity index (χ2n) is 6.19. The zero-order valence-corrected chi connectivity index (χ0v) is 12.8. The van der Waals surface area contributed by atoms with Crippen LogP contribution in [0.15, 0.2) is 0 Å². The Morgan fingerprint density at radius 1 is 0.684 bits per heavy atom. The molecule has 0 N–H and O–H groups in total. The Morgan fingerprint density at radius 2 is 1.05 bits per heavy atom. The number of hydrogen-bond acceptors (Lipinski definition) is 3. The molecular weight excluding hydrogens is 260 g/mol. The Hall–Kier alpha value is 0.190. The van der Waals surface area contributed by atoms with E-state index in [1.54, 1.807) is 0 Å². The molecule has 0 radical (unpaired) electrons. The molecule has 2 aliphatic rings. The van der Waals surface area contributed by atoms with Crippen molar-refractivity contribution in [3.63, 3.8) is 0 Å². The monoisotopic (exact) mass is 288 g/mol. The van der Waals surface area contributed by atoms with E-state index in [0.29, 0.717) is 0 Å². The van der Waals surface area contributed by atoms with E-state index in [1.807, 2.05) is 11.8 Å². The van der Waals surface area contributed by atoms with Gasteiger partial charge in [-0.15, -0.1) is 0 Å².